The molecule has 3 rings (SSSR count). The second-order valence-corrected chi connectivity index (χ2v) is 7.12. The third-order valence-corrected chi connectivity index (χ3v) is 5.53. The molecule has 2 aromatic rings. The second-order valence-electron chi connectivity index (χ2n) is 6.12. The molecule has 1 aliphatic heterocycles. The first-order chi connectivity index (χ1) is 13.1. The summed E-state index contributed by atoms with van der Waals surface area (Å²) in [7, 11) is 1.60. The lowest BCUT2D eigenvalue weighted by atomic mass is 10.2. The van der Waals surface area contributed by atoms with E-state index in [1.54, 1.807) is 7.11 Å². The fourth-order valence-corrected chi connectivity index (χ4v) is 3.93. The molecule has 1 fully saturated rings. The van der Waals surface area contributed by atoms with Crippen LogP contribution in [0.4, 0.5) is 0 Å². The van der Waals surface area contributed by atoms with E-state index in [0.717, 1.165) is 38.4 Å². The van der Waals surface area contributed by atoms with Crippen molar-refractivity contribution in [2.45, 2.75) is 13.3 Å². The number of hydrogen-bond donors (Lipinski definition) is 1. The number of aryl methyl sites for hydroxylation is 1. The third-order valence-electron chi connectivity index (χ3n) is 4.41. The van der Waals surface area contributed by atoms with E-state index < -0.39 is 5.97 Å². The highest BCUT2D eigenvalue weighted by Gasteiger charge is 2.20. The Labute approximate surface area is 162 Å². The highest BCUT2D eigenvalue weighted by Crippen LogP contribution is 2.37. The Balaban J connectivity index is 1.81. The normalized spacial score (nSPS) is 14.9. The predicted octanol–water partition coefficient (Wildman–Crippen LogP) is 2.79. The molecular weight excluding hydrogens is 368 g/mol. The molecule has 0 aliphatic carbocycles. The first kappa shape index (κ1) is 19.6. The van der Waals surface area contributed by atoms with Crippen LogP contribution in [0, 0.1) is 0 Å². The number of benzene rings is 1. The molecule has 1 N–H and O–H groups in total. The Hall–Kier alpha value is -2.16. The standard InChI is InChI=1S/C19H24N2O5S/c1-3-15-17(19(22)23)27-18(20-15)14-5-4-13(24-2)12-16(14)26-11-8-21-6-9-25-10-7-21/h4-5,12H,3,6-11H2,1-2H3,(H,22,23). The zero-order valence-electron chi connectivity index (χ0n) is 15.6. The van der Waals surface area contributed by atoms with E-state index in [2.05, 4.69) is 9.88 Å². The maximum Gasteiger partial charge on any atom is 0.347 e. The quantitative estimate of drug-likeness (QED) is 0.740. The number of morpholine rings is 1. The lowest BCUT2D eigenvalue weighted by Crippen LogP contribution is -2.38. The van der Waals surface area contributed by atoms with Gasteiger partial charge in [0.15, 0.2) is 0 Å². The molecule has 2 heterocycles. The van der Waals surface area contributed by atoms with E-state index in [4.69, 9.17) is 14.2 Å². The van der Waals surface area contributed by atoms with Crippen LogP contribution in [0.15, 0.2) is 18.2 Å². The van der Waals surface area contributed by atoms with E-state index in [9.17, 15) is 9.90 Å². The summed E-state index contributed by atoms with van der Waals surface area (Å²) in [6.07, 6.45) is 0.571. The molecule has 0 radical (unpaired) electrons. The third kappa shape index (κ3) is 4.77. The molecule has 0 amide bonds. The average molecular weight is 392 g/mol. The first-order valence-corrected chi connectivity index (χ1v) is 9.78. The van der Waals surface area contributed by atoms with Crippen molar-refractivity contribution in [3.8, 4) is 22.1 Å². The summed E-state index contributed by atoms with van der Waals surface area (Å²) in [5, 5.41) is 10.0. The van der Waals surface area contributed by atoms with Gasteiger partial charge in [-0.2, -0.15) is 0 Å². The van der Waals surface area contributed by atoms with E-state index in [1.165, 1.54) is 11.3 Å². The number of hydrogen-bond acceptors (Lipinski definition) is 7. The van der Waals surface area contributed by atoms with Gasteiger partial charge in [0, 0.05) is 25.7 Å². The van der Waals surface area contributed by atoms with Crippen LogP contribution in [0.2, 0.25) is 0 Å². The van der Waals surface area contributed by atoms with Gasteiger partial charge in [0.05, 0.1) is 31.6 Å². The van der Waals surface area contributed by atoms with Crippen molar-refractivity contribution < 1.29 is 24.1 Å². The zero-order chi connectivity index (χ0) is 19.2. The monoisotopic (exact) mass is 392 g/mol. The fraction of sp³-hybridized carbons (Fsp3) is 0.474. The van der Waals surface area contributed by atoms with Gasteiger partial charge in [0.1, 0.15) is 28.0 Å². The van der Waals surface area contributed by atoms with Gasteiger partial charge < -0.3 is 19.3 Å². The number of carbonyl (C=O) groups is 1. The number of nitrogens with zero attached hydrogens (tertiary/aromatic N) is 2. The summed E-state index contributed by atoms with van der Waals surface area (Å²) >= 11 is 1.18. The van der Waals surface area contributed by atoms with E-state index in [-0.39, 0.29) is 4.88 Å². The molecule has 0 bridgehead atoms. The van der Waals surface area contributed by atoms with Gasteiger partial charge in [-0.15, -0.1) is 11.3 Å². The molecule has 7 nitrogen and oxygen atoms in total. The largest absolute Gasteiger partial charge is 0.497 e. The maximum absolute atomic E-state index is 11.5. The van der Waals surface area contributed by atoms with Crippen molar-refractivity contribution in [3.05, 3.63) is 28.8 Å². The summed E-state index contributed by atoms with van der Waals surface area (Å²) in [6, 6.07) is 5.52. The van der Waals surface area contributed by atoms with Gasteiger partial charge in [-0.3, -0.25) is 4.90 Å². The van der Waals surface area contributed by atoms with Crippen LogP contribution in [0.25, 0.3) is 10.6 Å². The van der Waals surface area contributed by atoms with Crippen molar-refractivity contribution in [2.24, 2.45) is 0 Å². The Morgan fingerprint density at radius 2 is 2.15 bits per heavy atom. The summed E-state index contributed by atoms with van der Waals surface area (Å²) < 4.78 is 16.7. The number of thiazole rings is 1. The molecule has 1 aromatic heterocycles. The topological polar surface area (TPSA) is 81.1 Å². The van der Waals surface area contributed by atoms with Crippen LogP contribution >= 0.6 is 11.3 Å². The zero-order valence-corrected chi connectivity index (χ0v) is 16.4. The van der Waals surface area contributed by atoms with Gasteiger partial charge in [-0.05, 0) is 18.6 Å². The first-order valence-electron chi connectivity index (χ1n) is 8.96. The van der Waals surface area contributed by atoms with E-state index in [0.29, 0.717) is 35.2 Å². The minimum atomic E-state index is -0.945. The SMILES string of the molecule is CCc1nc(-c2ccc(OC)cc2OCCN2CCOCC2)sc1C(=O)O. The van der Waals surface area contributed by atoms with Crippen LogP contribution in [0.1, 0.15) is 22.3 Å². The number of rotatable bonds is 8. The predicted molar refractivity (Wildman–Crippen MR) is 103 cm³/mol. The average Bonchev–Trinajstić information content (AvgIpc) is 3.13. The second kappa shape index (κ2) is 9.16. The van der Waals surface area contributed by atoms with Gasteiger partial charge in [0.2, 0.25) is 0 Å². The number of methoxy groups -OCH3 is 1. The molecule has 146 valence electrons. The minimum Gasteiger partial charge on any atom is -0.497 e. The van der Waals surface area contributed by atoms with Crippen LogP contribution in [0.3, 0.4) is 0 Å². The highest BCUT2D eigenvalue weighted by atomic mass is 32.1. The minimum absolute atomic E-state index is 0.280. The van der Waals surface area contributed by atoms with E-state index >= 15 is 0 Å². The maximum atomic E-state index is 11.5. The number of carboxylic acids is 1. The molecule has 0 saturated carbocycles. The molecular formula is C19H24N2O5S. The number of carboxylic acid groups (broad SMARTS) is 1. The fourth-order valence-electron chi connectivity index (χ4n) is 2.91. The Kier molecular flexibility index (Phi) is 6.65. The van der Waals surface area contributed by atoms with Crippen molar-refractivity contribution >= 4 is 17.3 Å². The summed E-state index contributed by atoms with van der Waals surface area (Å²) in [5.74, 6) is 0.390. The Morgan fingerprint density at radius 1 is 1.37 bits per heavy atom. The van der Waals surface area contributed by atoms with E-state index in [1.807, 2.05) is 25.1 Å². The van der Waals surface area contributed by atoms with Crippen molar-refractivity contribution in [1.82, 2.24) is 9.88 Å². The van der Waals surface area contributed by atoms with Crippen molar-refractivity contribution in [2.75, 3.05) is 46.6 Å². The molecule has 0 unspecified atom stereocenters. The number of aromatic carboxylic acids is 1. The summed E-state index contributed by atoms with van der Waals surface area (Å²) in [6.45, 7) is 6.54. The van der Waals surface area contributed by atoms with Crippen LogP contribution in [0.5, 0.6) is 11.5 Å². The van der Waals surface area contributed by atoms with Crippen LogP contribution in [-0.4, -0.2) is 67.5 Å². The lowest BCUT2D eigenvalue weighted by molar-refractivity contribution is 0.0323. The number of ether oxygens (including phenoxy) is 3. The smallest absolute Gasteiger partial charge is 0.347 e. The van der Waals surface area contributed by atoms with Gasteiger partial charge in [-0.1, -0.05) is 6.92 Å². The van der Waals surface area contributed by atoms with Crippen molar-refractivity contribution in [3.63, 3.8) is 0 Å². The molecule has 27 heavy (non-hydrogen) atoms. The molecule has 8 heteroatoms. The van der Waals surface area contributed by atoms with Gasteiger partial charge >= 0.3 is 5.97 Å². The Morgan fingerprint density at radius 3 is 2.78 bits per heavy atom. The molecule has 0 spiro atoms. The van der Waals surface area contributed by atoms with Gasteiger partial charge in [-0.25, -0.2) is 9.78 Å². The van der Waals surface area contributed by atoms with Crippen LogP contribution < -0.4 is 9.47 Å². The molecule has 1 aromatic carbocycles. The molecule has 1 saturated heterocycles. The summed E-state index contributed by atoms with van der Waals surface area (Å²) in [4.78, 5) is 18.6. The van der Waals surface area contributed by atoms with Crippen LogP contribution in [-0.2, 0) is 11.2 Å². The highest BCUT2D eigenvalue weighted by molar-refractivity contribution is 7.17. The van der Waals surface area contributed by atoms with Gasteiger partial charge in [0.25, 0.3) is 0 Å². The lowest BCUT2D eigenvalue weighted by Gasteiger charge is -2.26. The number of aromatic nitrogens is 1. The Bertz CT molecular complexity index is 786. The van der Waals surface area contributed by atoms with Crippen molar-refractivity contribution in [1.29, 1.82) is 0 Å². The molecule has 0 atom stereocenters. The summed E-state index contributed by atoms with van der Waals surface area (Å²) in [5.41, 5.74) is 1.38. The molecule has 1 aliphatic rings.